The molecule has 1 saturated heterocycles. The van der Waals surface area contributed by atoms with E-state index in [9.17, 15) is 0 Å². The minimum absolute atomic E-state index is 0.0810. The van der Waals surface area contributed by atoms with Crippen molar-refractivity contribution in [2.75, 3.05) is 0 Å². The molecular formula is C15H24O. The first-order valence-corrected chi connectivity index (χ1v) is 6.77. The summed E-state index contributed by atoms with van der Waals surface area (Å²) in [5, 5.41) is 0. The molecule has 0 N–H and O–H groups in total. The molecule has 1 nitrogen and oxygen atoms in total. The van der Waals surface area contributed by atoms with Gasteiger partial charge in [-0.25, -0.2) is 0 Å². The molecule has 0 aromatic heterocycles. The molecule has 90 valence electrons. The largest absolute Gasteiger partial charge is 0.364 e. The zero-order valence-corrected chi connectivity index (χ0v) is 11.1. The summed E-state index contributed by atoms with van der Waals surface area (Å²) in [6, 6.07) is 0. The SMILES string of the molecule is CC1=CCC[C@@]2(C)CC[C@H]3C[C@@]12OC3(C)C. The van der Waals surface area contributed by atoms with Gasteiger partial charge >= 0.3 is 0 Å². The van der Waals surface area contributed by atoms with Gasteiger partial charge in [0.1, 0.15) is 0 Å². The van der Waals surface area contributed by atoms with Crippen LogP contribution in [0.4, 0.5) is 0 Å². The lowest BCUT2D eigenvalue weighted by Crippen LogP contribution is -2.51. The molecule has 0 amide bonds. The van der Waals surface area contributed by atoms with Crippen molar-refractivity contribution < 1.29 is 4.74 Å². The van der Waals surface area contributed by atoms with E-state index in [1.54, 1.807) is 0 Å². The Balaban J connectivity index is 2.11. The lowest BCUT2D eigenvalue weighted by atomic mass is 9.56. The summed E-state index contributed by atoms with van der Waals surface area (Å²) in [6.45, 7) is 9.34. The first-order chi connectivity index (χ1) is 7.40. The maximum absolute atomic E-state index is 6.61. The summed E-state index contributed by atoms with van der Waals surface area (Å²) in [5.41, 5.74) is 2.08. The van der Waals surface area contributed by atoms with E-state index in [4.69, 9.17) is 4.74 Å². The fraction of sp³-hybridized carbons (Fsp3) is 0.867. The zero-order chi connectivity index (χ0) is 11.6. The molecule has 0 radical (unpaired) electrons. The van der Waals surface area contributed by atoms with E-state index >= 15 is 0 Å². The molecule has 3 aliphatic rings. The van der Waals surface area contributed by atoms with Crippen molar-refractivity contribution in [3.8, 4) is 0 Å². The second-order valence-electron chi connectivity index (χ2n) is 6.96. The van der Waals surface area contributed by atoms with Gasteiger partial charge in [0.15, 0.2) is 0 Å². The Morgan fingerprint density at radius 1 is 1.25 bits per heavy atom. The van der Waals surface area contributed by atoms with E-state index in [1.165, 1.54) is 37.7 Å². The second-order valence-corrected chi connectivity index (χ2v) is 6.96. The molecule has 1 heterocycles. The highest BCUT2D eigenvalue weighted by Gasteiger charge is 2.63. The number of fused-ring (bicyclic) bond motifs is 1. The van der Waals surface area contributed by atoms with Crippen molar-refractivity contribution >= 4 is 0 Å². The summed E-state index contributed by atoms with van der Waals surface area (Å²) < 4.78 is 6.61. The summed E-state index contributed by atoms with van der Waals surface area (Å²) in [6.07, 6.45) is 8.96. The van der Waals surface area contributed by atoms with Gasteiger partial charge in [-0.05, 0) is 64.4 Å². The van der Waals surface area contributed by atoms with Crippen LogP contribution in [0.3, 0.4) is 0 Å². The average Bonchev–Trinajstić information content (AvgIpc) is 2.42. The number of hydrogen-bond acceptors (Lipinski definition) is 1. The van der Waals surface area contributed by atoms with Gasteiger partial charge in [0, 0.05) is 5.41 Å². The zero-order valence-electron chi connectivity index (χ0n) is 11.1. The van der Waals surface area contributed by atoms with Gasteiger partial charge in [-0.3, -0.25) is 0 Å². The van der Waals surface area contributed by atoms with Crippen LogP contribution in [0.5, 0.6) is 0 Å². The average molecular weight is 220 g/mol. The molecule has 2 aliphatic carbocycles. The van der Waals surface area contributed by atoms with Crippen molar-refractivity contribution in [1.82, 2.24) is 0 Å². The molecule has 16 heavy (non-hydrogen) atoms. The highest BCUT2D eigenvalue weighted by Crippen LogP contribution is 2.64. The smallest absolute Gasteiger partial charge is 0.0953 e. The number of ether oxygens (including phenoxy) is 1. The predicted octanol–water partition coefficient (Wildman–Crippen LogP) is 4.08. The van der Waals surface area contributed by atoms with E-state index in [0.29, 0.717) is 5.41 Å². The topological polar surface area (TPSA) is 9.23 Å². The maximum Gasteiger partial charge on any atom is 0.0953 e. The van der Waals surface area contributed by atoms with Crippen molar-refractivity contribution in [3.63, 3.8) is 0 Å². The molecule has 0 aromatic rings. The molecule has 1 aliphatic heterocycles. The Labute approximate surface area is 99.3 Å². The maximum atomic E-state index is 6.61. The minimum Gasteiger partial charge on any atom is -0.364 e. The molecule has 2 bridgehead atoms. The van der Waals surface area contributed by atoms with E-state index in [2.05, 4.69) is 33.8 Å². The van der Waals surface area contributed by atoms with Gasteiger partial charge in [-0.15, -0.1) is 0 Å². The Bertz CT molecular complexity index is 354. The van der Waals surface area contributed by atoms with Crippen molar-refractivity contribution in [1.29, 1.82) is 0 Å². The monoisotopic (exact) mass is 220 g/mol. The first kappa shape index (κ1) is 10.8. The Hall–Kier alpha value is -0.300. The van der Waals surface area contributed by atoms with Crippen LogP contribution in [0.2, 0.25) is 0 Å². The predicted molar refractivity (Wildman–Crippen MR) is 66.3 cm³/mol. The standard InChI is InChI=1S/C15H24O/c1-11-6-5-8-14(4)9-7-12-10-15(11,14)16-13(12,2)3/h6,12H,5,7-10H2,1-4H3/t12-,14-,15+/m0/s1. The highest BCUT2D eigenvalue weighted by atomic mass is 16.5. The van der Waals surface area contributed by atoms with Gasteiger partial charge in [-0.2, -0.15) is 0 Å². The second kappa shape index (κ2) is 2.93. The van der Waals surface area contributed by atoms with Crippen molar-refractivity contribution in [3.05, 3.63) is 11.6 Å². The van der Waals surface area contributed by atoms with Crippen LogP contribution in [0.15, 0.2) is 11.6 Å². The summed E-state index contributed by atoms with van der Waals surface area (Å²) in [7, 11) is 0. The van der Waals surface area contributed by atoms with Crippen LogP contribution >= 0.6 is 0 Å². The molecule has 1 spiro atoms. The van der Waals surface area contributed by atoms with Crippen molar-refractivity contribution in [2.24, 2.45) is 11.3 Å². The van der Waals surface area contributed by atoms with Crippen LogP contribution in [-0.2, 0) is 4.74 Å². The molecular weight excluding hydrogens is 196 g/mol. The molecule has 1 heteroatoms. The third kappa shape index (κ3) is 1.11. The van der Waals surface area contributed by atoms with Gasteiger partial charge in [-0.1, -0.05) is 13.0 Å². The lowest BCUT2D eigenvalue weighted by molar-refractivity contribution is -0.130. The number of rotatable bonds is 0. The molecule has 0 aromatic carbocycles. The van der Waals surface area contributed by atoms with Gasteiger partial charge in [0.2, 0.25) is 0 Å². The third-order valence-corrected chi connectivity index (χ3v) is 5.76. The molecule has 3 rings (SSSR count). The fourth-order valence-electron chi connectivity index (χ4n) is 4.50. The first-order valence-electron chi connectivity index (χ1n) is 6.77. The summed E-state index contributed by atoms with van der Waals surface area (Å²) >= 11 is 0. The lowest BCUT2D eigenvalue weighted by Gasteiger charge is -2.51. The van der Waals surface area contributed by atoms with Crippen LogP contribution in [-0.4, -0.2) is 11.2 Å². The van der Waals surface area contributed by atoms with Crippen LogP contribution in [0.25, 0.3) is 0 Å². The van der Waals surface area contributed by atoms with E-state index < -0.39 is 0 Å². The molecule has 0 unspecified atom stereocenters. The molecule has 2 fully saturated rings. The number of allylic oxidation sites excluding steroid dienone is 1. The Morgan fingerprint density at radius 2 is 2.00 bits per heavy atom. The summed E-state index contributed by atoms with van der Waals surface area (Å²) in [5.74, 6) is 0.766. The quantitative estimate of drug-likeness (QED) is 0.559. The molecule has 3 atom stereocenters. The van der Waals surface area contributed by atoms with Crippen molar-refractivity contribution in [2.45, 2.75) is 71.0 Å². The van der Waals surface area contributed by atoms with Crippen LogP contribution in [0, 0.1) is 11.3 Å². The van der Waals surface area contributed by atoms with Gasteiger partial charge in [0.25, 0.3) is 0 Å². The number of hydrogen-bond donors (Lipinski definition) is 0. The fourth-order valence-corrected chi connectivity index (χ4v) is 4.50. The van der Waals surface area contributed by atoms with Gasteiger partial charge in [0.05, 0.1) is 11.2 Å². The normalized spacial score (nSPS) is 49.8. The molecule has 1 saturated carbocycles. The van der Waals surface area contributed by atoms with Crippen LogP contribution in [0.1, 0.15) is 59.8 Å². The van der Waals surface area contributed by atoms with E-state index in [0.717, 1.165) is 5.92 Å². The Morgan fingerprint density at radius 3 is 2.75 bits per heavy atom. The minimum atomic E-state index is 0.0810. The Kier molecular flexibility index (Phi) is 1.98. The van der Waals surface area contributed by atoms with Crippen LogP contribution < -0.4 is 0 Å². The summed E-state index contributed by atoms with van der Waals surface area (Å²) in [4.78, 5) is 0. The van der Waals surface area contributed by atoms with E-state index in [1.807, 2.05) is 0 Å². The third-order valence-electron chi connectivity index (χ3n) is 5.76. The van der Waals surface area contributed by atoms with Gasteiger partial charge < -0.3 is 4.74 Å². The van der Waals surface area contributed by atoms with E-state index in [-0.39, 0.29) is 11.2 Å². The highest BCUT2D eigenvalue weighted by molar-refractivity contribution is 5.29.